The highest BCUT2D eigenvalue weighted by atomic mass is 32.2. The van der Waals surface area contributed by atoms with Crippen molar-refractivity contribution < 1.29 is 9.59 Å². The standard InChI is InChI=1S/C13H15N5O2S2/c1-8(11(19)18-5-4-14-13(18)20)22-12-15-10(16-17-12)7-9-3-2-6-21-9/h2-3,6,8H,4-5,7H2,1H3,(H,14,20)(H,15,16,17). The fourth-order valence-electron chi connectivity index (χ4n) is 2.10. The van der Waals surface area contributed by atoms with Crippen molar-refractivity contribution >= 4 is 35.0 Å². The molecule has 0 spiro atoms. The first-order chi connectivity index (χ1) is 10.6. The van der Waals surface area contributed by atoms with Crippen LogP contribution in [0.3, 0.4) is 0 Å². The molecule has 0 aromatic carbocycles. The molecule has 1 saturated heterocycles. The molecule has 1 aliphatic rings. The van der Waals surface area contributed by atoms with Gasteiger partial charge in [0.25, 0.3) is 0 Å². The Morgan fingerprint density at radius 1 is 1.59 bits per heavy atom. The van der Waals surface area contributed by atoms with Gasteiger partial charge >= 0.3 is 6.03 Å². The Morgan fingerprint density at radius 3 is 3.14 bits per heavy atom. The van der Waals surface area contributed by atoms with E-state index in [0.717, 1.165) is 5.82 Å². The van der Waals surface area contributed by atoms with Crippen molar-refractivity contribution in [1.82, 2.24) is 25.4 Å². The van der Waals surface area contributed by atoms with E-state index >= 15 is 0 Å². The molecule has 9 heteroatoms. The van der Waals surface area contributed by atoms with Crippen molar-refractivity contribution in [2.45, 2.75) is 23.8 Å². The Kier molecular flexibility index (Phi) is 4.44. The Hall–Kier alpha value is -1.87. The van der Waals surface area contributed by atoms with Crippen LogP contribution in [-0.2, 0) is 11.2 Å². The van der Waals surface area contributed by atoms with E-state index in [1.807, 2.05) is 17.5 Å². The van der Waals surface area contributed by atoms with Gasteiger partial charge in [0.15, 0.2) is 0 Å². The molecular weight excluding hydrogens is 322 g/mol. The van der Waals surface area contributed by atoms with Gasteiger partial charge in [-0.15, -0.1) is 16.4 Å². The molecule has 0 saturated carbocycles. The summed E-state index contributed by atoms with van der Waals surface area (Å²) >= 11 is 2.92. The SMILES string of the molecule is CC(Sc1n[nH]c(Cc2cccs2)n1)C(=O)N1CCNC1=O. The lowest BCUT2D eigenvalue weighted by molar-refractivity contribution is -0.126. The number of aromatic amines is 1. The number of thiophene rings is 1. The first-order valence-corrected chi connectivity index (χ1v) is 8.59. The molecule has 0 aliphatic carbocycles. The number of H-pyrrole nitrogens is 1. The quantitative estimate of drug-likeness (QED) is 0.807. The normalized spacial score (nSPS) is 15.9. The van der Waals surface area contributed by atoms with E-state index in [1.54, 1.807) is 18.3 Å². The van der Waals surface area contributed by atoms with Gasteiger partial charge in [-0.3, -0.25) is 14.8 Å². The molecule has 1 aliphatic heterocycles. The molecule has 0 bridgehead atoms. The summed E-state index contributed by atoms with van der Waals surface area (Å²) in [5.41, 5.74) is 0. The maximum Gasteiger partial charge on any atom is 0.324 e. The summed E-state index contributed by atoms with van der Waals surface area (Å²) in [4.78, 5) is 30.5. The van der Waals surface area contributed by atoms with E-state index in [2.05, 4.69) is 20.5 Å². The van der Waals surface area contributed by atoms with Crippen LogP contribution in [0.5, 0.6) is 0 Å². The van der Waals surface area contributed by atoms with Gasteiger partial charge in [-0.05, 0) is 18.4 Å². The third kappa shape index (κ3) is 3.30. The number of thioether (sulfide) groups is 1. The molecule has 116 valence electrons. The summed E-state index contributed by atoms with van der Waals surface area (Å²) < 4.78 is 0. The maximum absolute atomic E-state index is 12.2. The molecule has 0 radical (unpaired) electrons. The van der Waals surface area contributed by atoms with Crippen LogP contribution < -0.4 is 5.32 Å². The second kappa shape index (κ2) is 6.49. The number of amides is 3. The van der Waals surface area contributed by atoms with E-state index in [1.165, 1.54) is 21.5 Å². The van der Waals surface area contributed by atoms with Crippen LogP contribution in [0.15, 0.2) is 22.7 Å². The third-order valence-electron chi connectivity index (χ3n) is 3.19. The van der Waals surface area contributed by atoms with Crippen LogP contribution >= 0.6 is 23.1 Å². The molecule has 2 aromatic rings. The number of carbonyl (C=O) groups excluding carboxylic acids is 2. The van der Waals surface area contributed by atoms with Crippen molar-refractivity contribution in [3.05, 3.63) is 28.2 Å². The highest BCUT2D eigenvalue weighted by molar-refractivity contribution is 8.00. The second-order valence-electron chi connectivity index (χ2n) is 4.80. The van der Waals surface area contributed by atoms with E-state index < -0.39 is 5.25 Å². The molecule has 2 aromatic heterocycles. The molecule has 22 heavy (non-hydrogen) atoms. The van der Waals surface area contributed by atoms with Crippen LogP contribution in [0, 0.1) is 0 Å². The molecule has 1 atom stereocenters. The van der Waals surface area contributed by atoms with Gasteiger partial charge in [-0.1, -0.05) is 17.8 Å². The van der Waals surface area contributed by atoms with Crippen molar-refractivity contribution in [3.63, 3.8) is 0 Å². The van der Waals surface area contributed by atoms with Crippen molar-refractivity contribution in [2.75, 3.05) is 13.1 Å². The number of nitrogens with one attached hydrogen (secondary N) is 2. The van der Waals surface area contributed by atoms with Crippen LogP contribution in [0.25, 0.3) is 0 Å². The van der Waals surface area contributed by atoms with Crippen LogP contribution in [-0.4, -0.2) is 50.4 Å². The number of aromatic nitrogens is 3. The summed E-state index contributed by atoms with van der Waals surface area (Å²) in [5, 5.41) is 11.8. The van der Waals surface area contributed by atoms with Crippen molar-refractivity contribution in [2.24, 2.45) is 0 Å². The van der Waals surface area contributed by atoms with E-state index in [-0.39, 0.29) is 11.9 Å². The van der Waals surface area contributed by atoms with Gasteiger partial charge in [0, 0.05) is 24.4 Å². The summed E-state index contributed by atoms with van der Waals surface area (Å²) in [6.07, 6.45) is 0.697. The molecular formula is C13H15N5O2S2. The van der Waals surface area contributed by atoms with Crippen LogP contribution in [0.2, 0.25) is 0 Å². The molecule has 2 N–H and O–H groups in total. The van der Waals surface area contributed by atoms with E-state index in [4.69, 9.17) is 0 Å². The van der Waals surface area contributed by atoms with E-state index in [9.17, 15) is 9.59 Å². The first-order valence-electron chi connectivity index (χ1n) is 6.83. The first kappa shape index (κ1) is 15.0. The Bertz CT molecular complexity index is 670. The van der Waals surface area contributed by atoms with Crippen LogP contribution in [0.4, 0.5) is 4.79 Å². The number of rotatable bonds is 5. The minimum Gasteiger partial charge on any atom is -0.336 e. The molecule has 7 nitrogen and oxygen atoms in total. The zero-order chi connectivity index (χ0) is 15.5. The van der Waals surface area contributed by atoms with Crippen molar-refractivity contribution in [1.29, 1.82) is 0 Å². The number of carbonyl (C=O) groups is 2. The minimum atomic E-state index is -0.408. The third-order valence-corrected chi connectivity index (χ3v) is 5.01. The Morgan fingerprint density at radius 2 is 2.45 bits per heavy atom. The van der Waals surface area contributed by atoms with E-state index in [0.29, 0.717) is 24.7 Å². The number of hydrogen-bond donors (Lipinski definition) is 2. The number of imide groups is 1. The van der Waals surface area contributed by atoms with Gasteiger partial charge in [0.2, 0.25) is 11.1 Å². The zero-order valence-corrected chi connectivity index (χ0v) is 13.5. The highest BCUT2D eigenvalue weighted by Crippen LogP contribution is 2.22. The van der Waals surface area contributed by atoms with Crippen molar-refractivity contribution in [3.8, 4) is 0 Å². The lowest BCUT2D eigenvalue weighted by atomic mass is 10.3. The van der Waals surface area contributed by atoms with Gasteiger partial charge in [0.05, 0.1) is 5.25 Å². The number of urea groups is 1. The zero-order valence-electron chi connectivity index (χ0n) is 11.9. The topological polar surface area (TPSA) is 91.0 Å². The lowest BCUT2D eigenvalue weighted by Gasteiger charge is -2.15. The summed E-state index contributed by atoms with van der Waals surface area (Å²) in [6, 6.07) is 3.71. The molecule has 3 amide bonds. The lowest BCUT2D eigenvalue weighted by Crippen LogP contribution is -2.38. The molecule has 1 unspecified atom stereocenters. The fraction of sp³-hybridized carbons (Fsp3) is 0.385. The molecule has 1 fully saturated rings. The second-order valence-corrected chi connectivity index (χ2v) is 7.14. The summed E-state index contributed by atoms with van der Waals surface area (Å²) in [5.74, 6) is 0.549. The average molecular weight is 337 g/mol. The van der Waals surface area contributed by atoms with Gasteiger partial charge in [-0.2, -0.15) is 0 Å². The highest BCUT2D eigenvalue weighted by Gasteiger charge is 2.30. The van der Waals surface area contributed by atoms with Crippen LogP contribution in [0.1, 0.15) is 17.6 Å². The van der Waals surface area contributed by atoms with Gasteiger partial charge in [0.1, 0.15) is 5.82 Å². The Balaban J connectivity index is 1.59. The summed E-state index contributed by atoms with van der Waals surface area (Å²) in [6.45, 7) is 2.68. The number of hydrogen-bond acceptors (Lipinski definition) is 6. The fourth-order valence-corrected chi connectivity index (χ4v) is 3.61. The predicted octanol–water partition coefficient (Wildman–Crippen LogP) is 1.49. The maximum atomic E-state index is 12.2. The molecule has 3 heterocycles. The van der Waals surface area contributed by atoms with Gasteiger partial charge in [-0.25, -0.2) is 9.78 Å². The predicted molar refractivity (Wildman–Crippen MR) is 83.9 cm³/mol. The largest absolute Gasteiger partial charge is 0.336 e. The monoisotopic (exact) mass is 337 g/mol. The average Bonchev–Trinajstić information content (AvgIpc) is 3.22. The molecule has 3 rings (SSSR count). The summed E-state index contributed by atoms with van der Waals surface area (Å²) in [7, 11) is 0. The number of nitrogens with zero attached hydrogens (tertiary/aromatic N) is 3. The van der Waals surface area contributed by atoms with Gasteiger partial charge < -0.3 is 5.32 Å². The Labute approximate surface area is 135 Å². The minimum absolute atomic E-state index is 0.218. The smallest absolute Gasteiger partial charge is 0.324 e.